The number of carbonyl (C=O) groups is 5. The van der Waals surface area contributed by atoms with Crippen LogP contribution >= 0.6 is 0 Å². The molecule has 63 radical (unpaired) electrons. The minimum absolute atomic E-state index is 0.109. The molecular formula is C29H47B60N6O16. The smallest absolute Gasteiger partial charge is 0.480 e. The average Bonchev–Trinajstić information content (AvgIpc) is 0.771. The van der Waals surface area contributed by atoms with Crippen LogP contribution < -0.4 is 32.0 Å². The van der Waals surface area contributed by atoms with Gasteiger partial charge in [0.25, 0.3) is 11.6 Å². The van der Waals surface area contributed by atoms with Gasteiger partial charge in [-0.05, 0) is 51.2 Å². The minimum atomic E-state index is -2.19. The van der Waals surface area contributed by atoms with E-state index in [0.29, 0.717) is 12.8 Å². The van der Waals surface area contributed by atoms with Crippen molar-refractivity contribution in [2.24, 2.45) is 0 Å². The molecule has 8 atom stereocenters. The maximum absolute atomic E-state index is 13.1. The van der Waals surface area contributed by atoms with Crippen molar-refractivity contribution >= 4 is 467 Å². The lowest BCUT2D eigenvalue weighted by Gasteiger charge is -2.50. The predicted molar refractivity (Wildman–Crippen MR) is 518 cm³/mol. The van der Waals surface area contributed by atoms with Gasteiger partial charge in [-0.1, -0.05) is 0 Å². The molecule has 0 fully saturated rings. The van der Waals surface area contributed by atoms with Gasteiger partial charge in [-0.3, -0.25) is 29.3 Å². The highest BCUT2D eigenvalue weighted by Gasteiger charge is 2.54. The molecule has 0 saturated heterocycles. The summed E-state index contributed by atoms with van der Waals surface area (Å²) in [5, 5.41) is 110. The minimum Gasteiger partial charge on any atom is -0.480 e. The molecule has 0 aliphatic heterocycles. The second-order valence-electron chi connectivity index (χ2n) is 27.6. The van der Waals surface area contributed by atoms with Crippen molar-refractivity contribution < 1.29 is 74.7 Å². The first-order chi connectivity index (χ1) is 51.1. The molecule has 1 aromatic rings. The Morgan fingerprint density at radius 2 is 0.838 bits per heavy atom. The van der Waals surface area contributed by atoms with Crippen molar-refractivity contribution in [3.8, 4) is 0 Å². The van der Waals surface area contributed by atoms with Crippen molar-refractivity contribution in [3.05, 3.63) is 33.9 Å². The second kappa shape index (κ2) is 56.2. The van der Waals surface area contributed by atoms with E-state index in [4.69, 9.17) is 250 Å². The molecule has 22 nitrogen and oxygen atoms in total. The number of nitrogens with zero attached hydrogens (tertiary/aromatic N) is 1. The van der Waals surface area contributed by atoms with E-state index in [9.17, 15) is 69.7 Å². The number of carboxylic acids is 1. The standard InChI is InChI=1S/C29H47BN6O16.B30.B29/c1-14(38)23(29(47)48)35-28(46)18(31-2)5-3-4-8-32-22(41)7-6-19(27(45)33-12-20(39)24(42)25(43)21(40)13-37)34-26(44)15-9-16(30(49)50)11-17(10-15)36(51)52;1-17(2)25(18(3)4)29(26(19(5)6)20(7)8)30(27(21(9)10)22(11)12)28(23(13)14)24(15)16;1-16-24(17(2)3)28(25(18(4)5)19(6)7)29(26(20(8)9)21(10)11)27(22(12)13)23(14)15/h9-11,14,18-21,23-25,31,37-40,42-43,49-50H,3-8,12-13H2,1-2H3,(H,32,41)(H,33,45)(H,34,44)(H,35,46)(H,47,48);;/t14?,18-,19-,20+,21-,23?,24-,25-;;/m0../s1. The largest absolute Gasteiger partial charge is 0.488 e. The number of carboxylic acid groups (broad SMARTS) is 1. The van der Waals surface area contributed by atoms with Crippen LogP contribution in [0.3, 0.4) is 0 Å². The summed E-state index contributed by atoms with van der Waals surface area (Å²) in [6.45, 7) is -0.370. The number of nitro benzene ring substituents is 1. The summed E-state index contributed by atoms with van der Waals surface area (Å²) < 4.78 is 0. The maximum Gasteiger partial charge on any atom is 0.488 e. The van der Waals surface area contributed by atoms with E-state index in [0.717, 1.165) is 18.2 Å². The van der Waals surface area contributed by atoms with Crippen molar-refractivity contribution in [1.29, 1.82) is 0 Å². The first-order valence-corrected chi connectivity index (χ1v) is 35.1. The van der Waals surface area contributed by atoms with Gasteiger partial charge in [-0.15, -0.1) is 0 Å². The topological polar surface area (TPSA) is 371 Å². The lowest BCUT2D eigenvalue weighted by Crippen LogP contribution is -2.88. The van der Waals surface area contributed by atoms with E-state index in [1.165, 1.54) is 21.0 Å². The predicted octanol–water partition coefficient (Wildman–Crippen LogP) is -28.9. The van der Waals surface area contributed by atoms with Gasteiger partial charge in [0.15, 0.2) is 6.04 Å². The first kappa shape index (κ1) is 113. The molecule has 1 aromatic carbocycles. The van der Waals surface area contributed by atoms with E-state index < -0.39 is 293 Å². The van der Waals surface area contributed by atoms with Crippen molar-refractivity contribution in [2.75, 3.05) is 26.7 Å². The molecule has 469 valence electrons. The van der Waals surface area contributed by atoms with Crippen LogP contribution in [0.15, 0.2) is 18.2 Å². The summed E-state index contributed by atoms with van der Waals surface area (Å²) in [6, 6.07) is -1.33. The van der Waals surface area contributed by atoms with Gasteiger partial charge in [0.2, 0.25) is 17.7 Å². The molecule has 0 aliphatic rings. The Morgan fingerprint density at radius 1 is 0.477 bits per heavy atom. The van der Waals surface area contributed by atoms with Gasteiger partial charge in [-0.2, -0.15) is 0 Å². The van der Waals surface area contributed by atoms with Crippen molar-refractivity contribution in [2.45, 2.75) is 87.7 Å². The van der Waals surface area contributed by atoms with Gasteiger partial charge in [0.05, 0.1) is 29.8 Å². The maximum atomic E-state index is 13.1. The molecule has 0 bridgehead atoms. The van der Waals surface area contributed by atoms with Crippen LogP contribution in [0.2, 0.25) is 0 Å². The third kappa shape index (κ3) is 37.6. The van der Waals surface area contributed by atoms with Crippen LogP contribution in [0.4, 0.5) is 5.69 Å². The fourth-order valence-electron chi connectivity index (χ4n) is 13.6. The highest BCUT2D eigenvalue weighted by molar-refractivity contribution is 8.29. The molecule has 82 heteroatoms. The van der Waals surface area contributed by atoms with Crippen LogP contribution in [0.25, 0.3) is 0 Å². The van der Waals surface area contributed by atoms with E-state index >= 15 is 0 Å². The first-order valence-electron chi connectivity index (χ1n) is 35.1. The molecule has 111 heavy (non-hydrogen) atoms. The lowest BCUT2D eigenvalue weighted by atomic mass is 8.31. The number of likely N-dealkylation sites (N-methyl/N-ethyl adjacent to an activating group) is 1. The third-order valence-corrected chi connectivity index (χ3v) is 19.1. The van der Waals surface area contributed by atoms with Gasteiger partial charge in [0.1, 0.15) is 24.4 Å². The zero-order valence-corrected chi connectivity index (χ0v) is 62.5. The molecule has 0 saturated carbocycles. The lowest BCUT2D eigenvalue weighted by molar-refractivity contribution is -0.384. The van der Waals surface area contributed by atoms with E-state index in [2.05, 4.69) is 26.6 Å². The number of aliphatic hydroxyl groups excluding tert-OH is 6. The fourth-order valence-corrected chi connectivity index (χ4v) is 13.6. The normalized spacial score (nSPS) is 12.4. The molecule has 0 aliphatic carbocycles. The number of aliphatic carboxylic acids is 1. The number of aliphatic hydroxyl groups is 6. The number of carbonyl (C=O) groups excluding carboxylic acids is 4. The second-order valence-corrected chi connectivity index (χ2v) is 27.6. The van der Waals surface area contributed by atoms with E-state index in [1.54, 1.807) is 0 Å². The van der Waals surface area contributed by atoms with Crippen molar-refractivity contribution in [1.82, 2.24) is 26.6 Å². The third-order valence-electron chi connectivity index (χ3n) is 19.1. The van der Waals surface area contributed by atoms with Crippen LogP contribution in [0.5, 0.6) is 0 Å². The van der Waals surface area contributed by atoms with Crippen molar-refractivity contribution in [3.63, 3.8) is 0 Å². The number of nitro groups is 1. The number of non-ortho nitro benzene ring substituents is 1. The fraction of sp³-hybridized carbons (Fsp3) is 0.621. The SMILES string of the molecule is CN[C@@H](CCCCNC(=O)CC[C@H](NC(=O)c1cc(B(O)O)cc([N+](=O)[O-])c1)C(=O)NC[C@@H](O)[C@H](O)[C@@H](O)[C@@H](O)CO)C(=O)NC(C(=O)O)C(C)O.[B]B([B])B(B([B])[B])B(B(B([B])[B])B([B])[B])B(B(B([B])[B])B([B])[B])B(B([B])[B])B([B])[B].[B][B]B(B([B])[B])B(B(B([B])[B])B([B])[B])B(B(B([B])[B])B([B])[B])B(B([B])[B])B([B])[B]. The molecule has 0 aromatic heterocycles. The van der Waals surface area contributed by atoms with Gasteiger partial charge < -0.3 is 72.4 Å². The number of nitrogens with one attached hydrogen (secondary N) is 5. The van der Waals surface area contributed by atoms with Gasteiger partial charge in [-0.25, -0.2) is 4.79 Å². The van der Waals surface area contributed by atoms with E-state index in [-0.39, 0.29) is 25.8 Å². The summed E-state index contributed by atoms with van der Waals surface area (Å²) in [5.74, 6) is -4.77. The Balaban J connectivity index is 0. The molecule has 0 heterocycles. The Morgan fingerprint density at radius 3 is 1.14 bits per heavy atom. The summed E-state index contributed by atoms with van der Waals surface area (Å²) >= 11 is 0. The number of hydrogen-bond acceptors (Lipinski definition) is 16. The van der Waals surface area contributed by atoms with Crippen LogP contribution in [-0.4, -0.2) is 582 Å². The van der Waals surface area contributed by atoms with Crippen LogP contribution in [-0.2, 0) is 19.2 Å². The highest BCUT2D eigenvalue weighted by Crippen LogP contribution is 2.18. The number of amides is 4. The molecule has 14 N–H and O–H groups in total. The van der Waals surface area contributed by atoms with E-state index in [1.807, 2.05) is 0 Å². The number of hydrogen-bond donors (Lipinski definition) is 14. The molecule has 1 rings (SSSR count). The van der Waals surface area contributed by atoms with Gasteiger partial charge >= 0.3 is 13.1 Å². The Labute approximate surface area is 711 Å². The van der Waals surface area contributed by atoms with Crippen LogP contribution in [0.1, 0.15) is 49.4 Å². The number of unbranched alkanes of at least 4 members (excludes halogenated alkanes) is 1. The molecule has 4 amide bonds. The summed E-state index contributed by atoms with van der Waals surface area (Å²) in [4.78, 5) is 72.9. The average molecular weight is 1380 g/mol. The Hall–Kier alpha value is -0.494. The summed E-state index contributed by atoms with van der Waals surface area (Å²) in [7, 11) is 187. The zero-order valence-electron chi connectivity index (χ0n) is 62.5. The Bertz CT molecular complexity index is 2690. The highest BCUT2D eigenvalue weighted by atomic mass is 16.6. The number of benzene rings is 1. The summed E-state index contributed by atoms with van der Waals surface area (Å²) in [5.41, 5.74) is -1.54. The van der Waals surface area contributed by atoms with Crippen LogP contribution in [0, 0.1) is 10.1 Å². The quantitative estimate of drug-likeness (QED) is 0.0125. The number of rotatable bonds is 50. The molecular weight excluding hydrogens is 1340 g/mol. The Kier molecular flexibility index (Phi) is 57.0. The molecule has 0 spiro atoms. The molecule has 2 unspecified atom stereocenters. The summed E-state index contributed by atoms with van der Waals surface area (Å²) in [6.07, 6.45) is -34.4. The van der Waals surface area contributed by atoms with Gasteiger partial charge in [0, 0.05) is 457 Å². The zero-order chi connectivity index (χ0) is 87.0. The monoisotopic (exact) mass is 1400 g/mol.